The summed E-state index contributed by atoms with van der Waals surface area (Å²) in [5.41, 5.74) is 18.5. The van der Waals surface area contributed by atoms with Gasteiger partial charge in [-0.2, -0.15) is 8.75 Å². The molecule has 0 spiro atoms. The van der Waals surface area contributed by atoms with Gasteiger partial charge in [0.1, 0.15) is 45.1 Å². The Bertz CT molecular complexity index is 5690. The molecule has 6 heterocycles. The Morgan fingerprint density at radius 1 is 0.252 bits per heavy atom. The number of fused-ring (bicyclic) bond motifs is 14. The summed E-state index contributed by atoms with van der Waals surface area (Å²) < 4.78 is 44.4. The van der Waals surface area contributed by atoms with Crippen molar-refractivity contribution in [1.82, 2.24) is 27.8 Å². The van der Waals surface area contributed by atoms with Crippen molar-refractivity contribution < 1.29 is 18.9 Å². The summed E-state index contributed by atoms with van der Waals surface area (Å²) in [5, 5.41) is 6.95. The van der Waals surface area contributed by atoms with Crippen molar-refractivity contribution in [2.75, 3.05) is 36.2 Å². The zero-order chi connectivity index (χ0) is 86.9. The highest BCUT2D eigenvalue weighted by molar-refractivity contribution is 7.24. The number of anilines is 6. The van der Waals surface area contributed by atoms with E-state index in [1.807, 2.05) is 22.7 Å². The Labute approximate surface area is 766 Å². The lowest BCUT2D eigenvalue weighted by Crippen LogP contribution is -2.10. The van der Waals surface area contributed by atoms with E-state index in [-0.39, 0.29) is 0 Å². The molecule has 16 rings (SSSR count). The van der Waals surface area contributed by atoms with Gasteiger partial charge in [-0.3, -0.25) is 0 Å². The van der Waals surface area contributed by atoms with Gasteiger partial charge in [0.2, 0.25) is 0 Å². The topological polar surface area (TPSA) is 105 Å². The number of benzene rings is 10. The zero-order valence-electron chi connectivity index (χ0n) is 76.6. The van der Waals surface area contributed by atoms with E-state index in [0.717, 1.165) is 224 Å². The standard InChI is InChI=1S/C112H134N8O4S3/c1-7-13-19-25-31-41-71-117-97-77-85(119(81-51-61-87(62-52-81)121-73-43-33-27-21-15-9-3)82-53-63-88(64-54-82)122-74-44-34-28-22-16-10-4)59-69-95(97)111-99(117)79-101(125-111)103-107-108(114-106-94-50-40-38-48-92(94)91-47-37-39-49-93(91)105(106)113-107)104(110-109(103)115-127-116-110)102-80-100-112(126-102)96-70-60-86(78-98(96)118(100)72-42-32-26-20-14-8-2)120(83-55-65-89(66-56-83)123-75-45-35-29-23-17-11-5)84-57-67-90(68-58-84)124-76-46-36-30-24-18-12-6/h37-40,47-70,77-80H,7-36,41-46,71-76H2,1-6H3. The average Bonchev–Trinajstić information content (AvgIpc) is 1.61. The minimum Gasteiger partial charge on any atom is -0.494 e. The van der Waals surface area contributed by atoms with Crippen molar-refractivity contribution in [3.8, 4) is 43.9 Å². The highest BCUT2D eigenvalue weighted by Gasteiger charge is 2.30. The van der Waals surface area contributed by atoms with Crippen LogP contribution in [0, 0.1) is 0 Å². The molecule has 0 bridgehead atoms. The molecule has 664 valence electrons. The predicted molar refractivity (Wildman–Crippen MR) is 547 cm³/mol. The van der Waals surface area contributed by atoms with E-state index in [1.54, 1.807) is 0 Å². The molecule has 6 aromatic heterocycles. The smallest absolute Gasteiger partial charge is 0.119 e. The van der Waals surface area contributed by atoms with E-state index in [0.29, 0.717) is 0 Å². The first-order chi connectivity index (χ1) is 62.8. The second kappa shape index (κ2) is 45.8. The van der Waals surface area contributed by atoms with Gasteiger partial charge in [-0.05, 0) is 195 Å². The number of hydrogen-bond acceptors (Lipinski definition) is 13. The summed E-state index contributed by atoms with van der Waals surface area (Å²) in [6, 6.07) is 71.9. The lowest BCUT2D eigenvalue weighted by Gasteiger charge is -2.26. The molecule has 10 aromatic carbocycles. The quantitative estimate of drug-likeness (QED) is 0.0208. The van der Waals surface area contributed by atoms with Gasteiger partial charge in [0.15, 0.2) is 0 Å². The van der Waals surface area contributed by atoms with Crippen molar-refractivity contribution in [1.29, 1.82) is 0 Å². The summed E-state index contributed by atoms with van der Waals surface area (Å²) in [6.07, 6.45) is 43.9. The van der Waals surface area contributed by atoms with Gasteiger partial charge in [-0.15, -0.1) is 22.7 Å². The van der Waals surface area contributed by atoms with Gasteiger partial charge in [-0.25, -0.2) is 9.97 Å². The van der Waals surface area contributed by atoms with Gasteiger partial charge in [0, 0.05) is 89.6 Å². The Morgan fingerprint density at radius 3 is 0.835 bits per heavy atom. The highest BCUT2D eigenvalue weighted by Crippen LogP contribution is 2.53. The van der Waals surface area contributed by atoms with Gasteiger partial charge in [0.05, 0.1) is 80.7 Å². The average molecular weight is 1750 g/mol. The number of nitrogens with zero attached hydrogens (tertiary/aromatic N) is 8. The Morgan fingerprint density at radius 2 is 0.528 bits per heavy atom. The number of thiophene rings is 2. The van der Waals surface area contributed by atoms with Crippen molar-refractivity contribution in [2.45, 2.75) is 286 Å². The lowest BCUT2D eigenvalue weighted by molar-refractivity contribution is 0.304. The zero-order valence-corrected chi connectivity index (χ0v) is 79.1. The molecule has 0 atom stereocenters. The fourth-order valence-electron chi connectivity index (χ4n) is 19.0. The molecule has 127 heavy (non-hydrogen) atoms. The lowest BCUT2D eigenvalue weighted by atomic mass is 9.98. The maximum atomic E-state index is 6.43. The molecule has 0 N–H and O–H groups in total. The number of hydrogen-bond donors (Lipinski definition) is 0. The van der Waals surface area contributed by atoms with Crippen LogP contribution in [0.5, 0.6) is 23.0 Å². The minimum atomic E-state index is 0.723. The van der Waals surface area contributed by atoms with Crippen LogP contribution in [-0.4, -0.2) is 54.3 Å². The molecule has 16 aromatic rings. The van der Waals surface area contributed by atoms with Crippen molar-refractivity contribution in [2.24, 2.45) is 0 Å². The summed E-state index contributed by atoms with van der Waals surface area (Å²) in [6.45, 7) is 18.4. The molecule has 0 amide bonds. The Hall–Kier alpha value is -10.1. The minimum absolute atomic E-state index is 0.723. The molecule has 0 aliphatic carbocycles. The monoisotopic (exact) mass is 1750 g/mol. The Kier molecular flexibility index (Phi) is 32.5. The molecule has 15 heteroatoms. The Balaban J connectivity index is 0.815. The largest absolute Gasteiger partial charge is 0.494 e. The summed E-state index contributed by atoms with van der Waals surface area (Å²) in [7, 11) is 0. The third-order valence-electron chi connectivity index (χ3n) is 26.0. The molecule has 0 aliphatic rings. The number of aryl methyl sites for hydroxylation is 2. The maximum Gasteiger partial charge on any atom is 0.119 e. The molecule has 0 saturated heterocycles. The number of ether oxygens (including phenoxy) is 4. The molecular formula is C112H134N8O4S3. The van der Waals surface area contributed by atoms with Crippen LogP contribution in [0.1, 0.15) is 273 Å². The van der Waals surface area contributed by atoms with Crippen LogP contribution in [-0.2, 0) is 13.1 Å². The van der Waals surface area contributed by atoms with Crippen LogP contribution in [0.2, 0.25) is 0 Å². The molecule has 0 unspecified atom stereocenters. The van der Waals surface area contributed by atoms with Gasteiger partial charge < -0.3 is 37.9 Å². The fourth-order valence-corrected chi connectivity index (χ4v) is 22.0. The first kappa shape index (κ1) is 90.3. The second-order valence-corrected chi connectivity index (χ2v) is 38.1. The van der Waals surface area contributed by atoms with Gasteiger partial charge in [-0.1, -0.05) is 283 Å². The maximum absolute atomic E-state index is 6.43. The summed E-state index contributed by atoms with van der Waals surface area (Å²) in [5.74, 6) is 3.61. The summed E-state index contributed by atoms with van der Waals surface area (Å²) in [4.78, 5) is 19.2. The number of aromatic nitrogens is 6. The predicted octanol–water partition coefficient (Wildman–Crippen LogP) is 35.4. The molecule has 0 radical (unpaired) electrons. The van der Waals surface area contributed by atoms with Crippen LogP contribution in [0.25, 0.3) is 118 Å². The fraction of sp³-hybridized carbons (Fsp3) is 0.429. The molecule has 0 saturated carbocycles. The van der Waals surface area contributed by atoms with Gasteiger partial charge in [0.25, 0.3) is 0 Å². The van der Waals surface area contributed by atoms with Crippen LogP contribution < -0.4 is 28.7 Å². The van der Waals surface area contributed by atoms with E-state index in [1.165, 1.54) is 234 Å². The molecule has 0 fully saturated rings. The first-order valence-electron chi connectivity index (χ1n) is 49.2. The van der Waals surface area contributed by atoms with Crippen molar-refractivity contribution in [3.63, 3.8) is 0 Å². The summed E-state index contributed by atoms with van der Waals surface area (Å²) >= 11 is 5.01. The van der Waals surface area contributed by atoms with Crippen molar-refractivity contribution in [3.05, 3.63) is 194 Å². The van der Waals surface area contributed by atoms with E-state index in [9.17, 15) is 0 Å². The van der Waals surface area contributed by atoms with Crippen LogP contribution >= 0.6 is 34.4 Å². The third-order valence-corrected chi connectivity index (χ3v) is 28.8. The van der Waals surface area contributed by atoms with E-state index >= 15 is 0 Å². The SMILES string of the molecule is CCCCCCCCOc1ccc(N(c2ccc(OCCCCCCCC)cc2)c2ccc3c4sc(-c5c6nsnc6c(-c6cc7c(s6)c6ccc(N(c8ccc(OCCCCCCCC)cc8)c8ccc(OCCCCCCCC)cc8)cc6n7CCCCCCCC)c6nc7c8ccccc8c8ccccc8c7nc56)cc4n(CCCCCCCC)c3c2)cc1. The normalized spacial score (nSPS) is 11.9. The number of unbranched alkanes of at least 4 members (excludes halogenated alkanes) is 30. The van der Waals surface area contributed by atoms with Gasteiger partial charge >= 0.3 is 0 Å². The molecular weight excluding hydrogens is 1620 g/mol. The molecule has 0 aliphatic heterocycles. The number of rotatable bonds is 54. The van der Waals surface area contributed by atoms with Crippen molar-refractivity contribution >= 4 is 165 Å². The highest BCUT2D eigenvalue weighted by atomic mass is 32.1. The molecule has 12 nitrogen and oxygen atoms in total. The van der Waals surface area contributed by atoms with E-state index < -0.39 is 0 Å². The first-order valence-corrected chi connectivity index (χ1v) is 51.5. The third kappa shape index (κ3) is 21.6. The van der Waals surface area contributed by atoms with E-state index in [2.05, 4.69) is 255 Å². The second-order valence-electron chi connectivity index (χ2n) is 35.4. The van der Waals surface area contributed by atoms with Crippen LogP contribution in [0.15, 0.2) is 194 Å². The van der Waals surface area contributed by atoms with Crippen LogP contribution in [0.3, 0.4) is 0 Å². The van der Waals surface area contributed by atoms with Crippen LogP contribution in [0.4, 0.5) is 34.1 Å². The van der Waals surface area contributed by atoms with E-state index in [4.69, 9.17) is 37.7 Å².